The summed E-state index contributed by atoms with van der Waals surface area (Å²) in [4.78, 5) is 24.1. The van der Waals surface area contributed by atoms with Gasteiger partial charge in [0.15, 0.2) is 6.29 Å². The maximum Gasteiger partial charge on any atom is 0.355 e. The van der Waals surface area contributed by atoms with Gasteiger partial charge < -0.3 is 14.0 Å². The third kappa shape index (κ3) is 3.31. The van der Waals surface area contributed by atoms with Crippen LogP contribution in [0.15, 0.2) is 29.2 Å². The van der Waals surface area contributed by atoms with Crippen LogP contribution in [0.1, 0.15) is 39.0 Å². The van der Waals surface area contributed by atoms with E-state index in [1.54, 1.807) is 30.7 Å². The molecular formula is C19H22N2O6S. The maximum absolute atomic E-state index is 13.0. The van der Waals surface area contributed by atoms with Gasteiger partial charge in [-0.3, -0.25) is 4.79 Å². The largest absolute Gasteiger partial charge is 0.497 e. The molecular weight excluding hydrogens is 384 g/mol. The van der Waals surface area contributed by atoms with E-state index in [0.29, 0.717) is 29.7 Å². The summed E-state index contributed by atoms with van der Waals surface area (Å²) in [5, 5.41) is 0. The molecule has 0 unspecified atom stereocenters. The first-order valence-corrected chi connectivity index (χ1v) is 10.3. The molecule has 1 aliphatic heterocycles. The molecule has 150 valence electrons. The van der Waals surface area contributed by atoms with Gasteiger partial charge >= 0.3 is 5.97 Å². The van der Waals surface area contributed by atoms with Gasteiger partial charge in [-0.1, -0.05) is 0 Å². The maximum atomic E-state index is 13.0. The van der Waals surface area contributed by atoms with E-state index in [4.69, 9.17) is 9.47 Å². The minimum Gasteiger partial charge on any atom is -0.497 e. The number of rotatable bonds is 6. The van der Waals surface area contributed by atoms with Crippen molar-refractivity contribution in [3.05, 3.63) is 46.8 Å². The predicted molar refractivity (Wildman–Crippen MR) is 101 cm³/mol. The summed E-state index contributed by atoms with van der Waals surface area (Å²) in [7, 11) is -0.576. The van der Waals surface area contributed by atoms with Crippen molar-refractivity contribution in [3.63, 3.8) is 0 Å². The average molecular weight is 406 g/mol. The van der Waals surface area contributed by atoms with E-state index >= 15 is 0 Å². The highest BCUT2D eigenvalue weighted by Crippen LogP contribution is 2.30. The van der Waals surface area contributed by atoms with Crippen molar-refractivity contribution in [1.29, 1.82) is 0 Å². The van der Waals surface area contributed by atoms with E-state index in [2.05, 4.69) is 0 Å². The first-order chi connectivity index (χ1) is 13.3. The number of esters is 1. The summed E-state index contributed by atoms with van der Waals surface area (Å²) in [6.07, 6.45) is 0.977. The summed E-state index contributed by atoms with van der Waals surface area (Å²) in [6, 6.07) is 6.17. The normalized spacial score (nSPS) is 14.4. The lowest BCUT2D eigenvalue weighted by Crippen LogP contribution is -2.36. The van der Waals surface area contributed by atoms with Gasteiger partial charge in [-0.15, -0.1) is 0 Å². The lowest BCUT2D eigenvalue weighted by atomic mass is 10.0. The monoisotopic (exact) mass is 406 g/mol. The minimum absolute atomic E-state index is 0.0699. The van der Waals surface area contributed by atoms with Crippen LogP contribution >= 0.6 is 0 Å². The third-order valence-electron chi connectivity index (χ3n) is 4.89. The Labute approximate surface area is 163 Å². The molecule has 8 nitrogen and oxygen atoms in total. The third-order valence-corrected chi connectivity index (χ3v) is 6.75. The van der Waals surface area contributed by atoms with E-state index in [0.717, 1.165) is 0 Å². The number of nitrogens with zero attached hydrogens (tertiary/aromatic N) is 2. The number of fused-ring (bicyclic) bond motifs is 1. The molecule has 1 aliphatic rings. The summed E-state index contributed by atoms with van der Waals surface area (Å²) in [5.41, 5.74) is 1.75. The molecule has 0 amide bonds. The Morgan fingerprint density at radius 3 is 2.50 bits per heavy atom. The standard InChI is InChI=1S/C19H22N2O6S/c1-4-27-19(23)18-16(12-22)15-9-10-21(11-17(15)20(18)2)28(24,25)14-7-5-13(26-3)6-8-14/h5-8,12H,4,9-11H2,1-3H3. The fourth-order valence-corrected chi connectivity index (χ4v) is 4.86. The van der Waals surface area contributed by atoms with Crippen LogP contribution in [-0.2, 0) is 34.8 Å². The van der Waals surface area contributed by atoms with Crippen molar-refractivity contribution in [1.82, 2.24) is 8.87 Å². The number of methoxy groups -OCH3 is 1. The van der Waals surface area contributed by atoms with E-state index in [9.17, 15) is 18.0 Å². The predicted octanol–water partition coefficient (Wildman–Crippen LogP) is 1.77. The van der Waals surface area contributed by atoms with Crippen LogP contribution in [0.4, 0.5) is 0 Å². The Balaban J connectivity index is 1.97. The quantitative estimate of drug-likeness (QED) is 0.536. The van der Waals surface area contributed by atoms with Crippen molar-refractivity contribution in [2.45, 2.75) is 24.8 Å². The van der Waals surface area contributed by atoms with Crippen LogP contribution in [0.3, 0.4) is 0 Å². The van der Waals surface area contributed by atoms with Crippen molar-refractivity contribution in [2.24, 2.45) is 7.05 Å². The summed E-state index contributed by atoms with van der Waals surface area (Å²) in [6.45, 7) is 2.16. The van der Waals surface area contributed by atoms with E-state index in [1.165, 1.54) is 23.5 Å². The van der Waals surface area contributed by atoms with Gasteiger partial charge in [-0.25, -0.2) is 13.2 Å². The zero-order valence-electron chi connectivity index (χ0n) is 16.0. The highest BCUT2D eigenvalue weighted by atomic mass is 32.2. The Bertz CT molecular complexity index is 1010. The highest BCUT2D eigenvalue weighted by molar-refractivity contribution is 7.89. The summed E-state index contributed by atoms with van der Waals surface area (Å²) in [5.74, 6) is -0.0249. The molecule has 2 aromatic rings. The number of aromatic nitrogens is 1. The smallest absolute Gasteiger partial charge is 0.355 e. The number of benzene rings is 1. The topological polar surface area (TPSA) is 94.9 Å². The highest BCUT2D eigenvalue weighted by Gasteiger charge is 2.34. The molecule has 1 aromatic heterocycles. The molecule has 0 aliphatic carbocycles. The van der Waals surface area contributed by atoms with Gasteiger partial charge in [0, 0.05) is 19.3 Å². The molecule has 2 heterocycles. The van der Waals surface area contributed by atoms with Crippen LogP contribution in [0.2, 0.25) is 0 Å². The second-order valence-electron chi connectivity index (χ2n) is 6.35. The molecule has 0 bridgehead atoms. The molecule has 9 heteroatoms. The average Bonchev–Trinajstić information content (AvgIpc) is 2.99. The number of carbonyl (C=O) groups excluding carboxylic acids is 2. The number of ether oxygens (including phenoxy) is 2. The molecule has 3 rings (SSSR count). The second kappa shape index (κ2) is 7.76. The van der Waals surface area contributed by atoms with E-state index < -0.39 is 16.0 Å². The lowest BCUT2D eigenvalue weighted by molar-refractivity contribution is 0.0512. The summed E-state index contributed by atoms with van der Waals surface area (Å²) >= 11 is 0. The Hall–Kier alpha value is -2.65. The number of sulfonamides is 1. The zero-order chi connectivity index (χ0) is 20.5. The van der Waals surface area contributed by atoms with E-state index in [1.807, 2.05) is 0 Å². The molecule has 0 saturated carbocycles. The molecule has 1 aromatic carbocycles. The van der Waals surface area contributed by atoms with Crippen LogP contribution in [0, 0.1) is 0 Å². The fourth-order valence-electron chi connectivity index (χ4n) is 3.45. The number of aldehydes is 1. The first-order valence-electron chi connectivity index (χ1n) is 8.82. The summed E-state index contributed by atoms with van der Waals surface area (Å²) < 4.78 is 39.1. The molecule has 28 heavy (non-hydrogen) atoms. The van der Waals surface area contributed by atoms with E-state index in [-0.39, 0.29) is 35.8 Å². The fraction of sp³-hybridized carbons (Fsp3) is 0.368. The van der Waals surface area contributed by atoms with Crippen LogP contribution < -0.4 is 4.74 Å². The Morgan fingerprint density at radius 1 is 1.25 bits per heavy atom. The van der Waals surface area contributed by atoms with Gasteiger partial charge in [0.1, 0.15) is 11.4 Å². The molecule has 0 spiro atoms. The van der Waals surface area contributed by atoms with Crippen LogP contribution in [0.25, 0.3) is 0 Å². The van der Waals surface area contributed by atoms with Gasteiger partial charge in [0.2, 0.25) is 10.0 Å². The SMILES string of the molecule is CCOC(=O)c1c(C=O)c2c(n1C)CN(S(=O)(=O)c1ccc(OC)cc1)CC2. The van der Waals surface area contributed by atoms with Crippen molar-refractivity contribution in [2.75, 3.05) is 20.3 Å². The molecule has 0 fully saturated rings. The van der Waals surface area contributed by atoms with Crippen LogP contribution in [0.5, 0.6) is 5.75 Å². The van der Waals surface area contributed by atoms with Crippen molar-refractivity contribution < 1.29 is 27.5 Å². The van der Waals surface area contributed by atoms with Gasteiger partial charge in [-0.2, -0.15) is 4.31 Å². The van der Waals surface area contributed by atoms with Gasteiger partial charge in [-0.05, 0) is 43.2 Å². The minimum atomic E-state index is -3.73. The van der Waals surface area contributed by atoms with Gasteiger partial charge in [0.05, 0.1) is 30.7 Å². The number of hydrogen-bond acceptors (Lipinski definition) is 6. The van der Waals surface area contributed by atoms with Crippen molar-refractivity contribution in [3.8, 4) is 5.75 Å². The lowest BCUT2D eigenvalue weighted by Gasteiger charge is -2.27. The van der Waals surface area contributed by atoms with Crippen molar-refractivity contribution >= 4 is 22.3 Å². The zero-order valence-corrected chi connectivity index (χ0v) is 16.8. The Kier molecular flexibility index (Phi) is 5.57. The number of carbonyl (C=O) groups is 2. The van der Waals surface area contributed by atoms with Gasteiger partial charge in [0.25, 0.3) is 0 Å². The van der Waals surface area contributed by atoms with Crippen LogP contribution in [-0.4, -0.2) is 49.8 Å². The molecule has 0 N–H and O–H groups in total. The molecule has 0 radical (unpaired) electrons. The molecule has 0 atom stereocenters. The first kappa shape index (κ1) is 20.1. The number of hydrogen-bond donors (Lipinski definition) is 0. The molecule has 0 saturated heterocycles. The Morgan fingerprint density at radius 2 is 1.93 bits per heavy atom. The second-order valence-corrected chi connectivity index (χ2v) is 8.29.